The second-order valence-electron chi connectivity index (χ2n) is 5.26. The van der Waals surface area contributed by atoms with Crippen LogP contribution in [0.1, 0.15) is 24.2 Å². The average Bonchev–Trinajstić information content (AvgIpc) is 2.47. The molecule has 0 saturated carbocycles. The van der Waals surface area contributed by atoms with Crippen LogP contribution in [0.2, 0.25) is 0 Å². The zero-order valence-corrected chi connectivity index (χ0v) is 12.4. The number of benzene rings is 2. The average molecular weight is 304 g/mol. The quantitative estimate of drug-likeness (QED) is 0.862. The molecule has 0 aliphatic heterocycles. The van der Waals surface area contributed by atoms with Crippen LogP contribution in [0.25, 0.3) is 0 Å². The second kappa shape index (κ2) is 6.93. The fourth-order valence-corrected chi connectivity index (χ4v) is 1.74. The van der Waals surface area contributed by atoms with Gasteiger partial charge in [0.25, 0.3) is 0 Å². The van der Waals surface area contributed by atoms with E-state index < -0.39 is 5.97 Å². The molecule has 0 aliphatic carbocycles. The van der Waals surface area contributed by atoms with E-state index in [0.29, 0.717) is 29.8 Å². The standard InChI is InChI=1S/C17H17FO4/c1-11(2)10-21-15-7-12(17(19)20)8-16(9-15)22-14-5-3-13(18)4-6-14/h3-9,11H,10H2,1-2H3,(H,19,20). The molecule has 0 aromatic heterocycles. The van der Waals surface area contributed by atoms with Gasteiger partial charge < -0.3 is 14.6 Å². The van der Waals surface area contributed by atoms with E-state index in [1.807, 2.05) is 13.8 Å². The molecular weight excluding hydrogens is 287 g/mol. The monoisotopic (exact) mass is 304 g/mol. The van der Waals surface area contributed by atoms with Crippen molar-refractivity contribution in [3.8, 4) is 17.2 Å². The number of hydrogen-bond acceptors (Lipinski definition) is 3. The summed E-state index contributed by atoms with van der Waals surface area (Å²) in [5.74, 6) is 0.0382. The van der Waals surface area contributed by atoms with Gasteiger partial charge in [-0.05, 0) is 42.3 Å². The molecule has 5 heteroatoms. The molecule has 0 amide bonds. The highest BCUT2D eigenvalue weighted by atomic mass is 19.1. The van der Waals surface area contributed by atoms with Gasteiger partial charge in [0.15, 0.2) is 0 Å². The molecule has 0 heterocycles. The number of hydrogen-bond donors (Lipinski definition) is 1. The van der Waals surface area contributed by atoms with Crippen LogP contribution in [0.4, 0.5) is 4.39 Å². The summed E-state index contributed by atoms with van der Waals surface area (Å²) in [5.41, 5.74) is 0.0679. The van der Waals surface area contributed by atoms with Gasteiger partial charge >= 0.3 is 5.97 Å². The summed E-state index contributed by atoms with van der Waals surface area (Å²) in [4.78, 5) is 11.2. The molecule has 0 saturated heterocycles. The van der Waals surface area contributed by atoms with Gasteiger partial charge in [0.2, 0.25) is 0 Å². The van der Waals surface area contributed by atoms with Crippen LogP contribution in [-0.4, -0.2) is 17.7 Å². The number of ether oxygens (including phenoxy) is 2. The normalized spacial score (nSPS) is 10.5. The van der Waals surface area contributed by atoms with Crippen molar-refractivity contribution in [3.05, 3.63) is 53.8 Å². The molecule has 2 aromatic carbocycles. The SMILES string of the molecule is CC(C)COc1cc(Oc2ccc(F)cc2)cc(C(=O)O)c1. The lowest BCUT2D eigenvalue weighted by molar-refractivity contribution is 0.0696. The summed E-state index contributed by atoms with van der Waals surface area (Å²) in [5, 5.41) is 9.15. The number of carboxylic acid groups (broad SMARTS) is 1. The Hall–Kier alpha value is -2.56. The first kappa shape index (κ1) is 15.8. The molecule has 1 N–H and O–H groups in total. The van der Waals surface area contributed by atoms with Crippen molar-refractivity contribution < 1.29 is 23.8 Å². The first-order valence-corrected chi connectivity index (χ1v) is 6.88. The smallest absolute Gasteiger partial charge is 0.335 e. The highest BCUT2D eigenvalue weighted by molar-refractivity contribution is 5.88. The topological polar surface area (TPSA) is 55.8 Å². The van der Waals surface area contributed by atoms with Crippen molar-refractivity contribution in [3.63, 3.8) is 0 Å². The van der Waals surface area contributed by atoms with Gasteiger partial charge in [0.05, 0.1) is 12.2 Å². The predicted molar refractivity (Wildman–Crippen MR) is 80.2 cm³/mol. The Balaban J connectivity index is 2.25. The molecule has 0 fully saturated rings. The van der Waals surface area contributed by atoms with Gasteiger partial charge in [0.1, 0.15) is 23.1 Å². The third kappa shape index (κ3) is 4.48. The van der Waals surface area contributed by atoms with E-state index in [9.17, 15) is 9.18 Å². The van der Waals surface area contributed by atoms with Gasteiger partial charge in [-0.25, -0.2) is 9.18 Å². The number of halogens is 1. The first-order chi connectivity index (χ1) is 10.4. The van der Waals surface area contributed by atoms with Crippen LogP contribution >= 0.6 is 0 Å². The van der Waals surface area contributed by atoms with Crippen molar-refractivity contribution in [1.29, 1.82) is 0 Å². The van der Waals surface area contributed by atoms with E-state index in [4.69, 9.17) is 14.6 Å². The zero-order valence-electron chi connectivity index (χ0n) is 12.4. The van der Waals surface area contributed by atoms with Crippen molar-refractivity contribution in [1.82, 2.24) is 0 Å². The zero-order chi connectivity index (χ0) is 16.1. The van der Waals surface area contributed by atoms with Gasteiger partial charge in [-0.2, -0.15) is 0 Å². The number of aromatic carboxylic acids is 1. The summed E-state index contributed by atoms with van der Waals surface area (Å²) >= 11 is 0. The Morgan fingerprint density at radius 2 is 1.73 bits per heavy atom. The van der Waals surface area contributed by atoms with Crippen LogP contribution in [0.3, 0.4) is 0 Å². The molecule has 2 rings (SSSR count). The lowest BCUT2D eigenvalue weighted by Gasteiger charge is -2.12. The molecule has 0 radical (unpaired) electrons. The largest absolute Gasteiger partial charge is 0.493 e. The Morgan fingerprint density at radius 1 is 1.09 bits per heavy atom. The fourth-order valence-electron chi connectivity index (χ4n) is 1.74. The van der Waals surface area contributed by atoms with E-state index in [0.717, 1.165) is 0 Å². The van der Waals surface area contributed by atoms with Crippen LogP contribution in [-0.2, 0) is 0 Å². The Kier molecular flexibility index (Phi) is 4.99. The third-order valence-corrected chi connectivity index (χ3v) is 2.76. The minimum atomic E-state index is -1.07. The highest BCUT2D eigenvalue weighted by Crippen LogP contribution is 2.28. The van der Waals surface area contributed by atoms with Crippen molar-refractivity contribution in [2.24, 2.45) is 5.92 Å². The maximum Gasteiger partial charge on any atom is 0.335 e. The predicted octanol–water partition coefficient (Wildman–Crippen LogP) is 4.35. The van der Waals surface area contributed by atoms with Gasteiger partial charge in [0, 0.05) is 6.07 Å². The van der Waals surface area contributed by atoms with Gasteiger partial charge in [-0.1, -0.05) is 13.8 Å². The third-order valence-electron chi connectivity index (χ3n) is 2.76. The van der Waals surface area contributed by atoms with Crippen LogP contribution in [0.15, 0.2) is 42.5 Å². The van der Waals surface area contributed by atoms with Crippen molar-refractivity contribution >= 4 is 5.97 Å². The van der Waals surface area contributed by atoms with Crippen molar-refractivity contribution in [2.75, 3.05) is 6.61 Å². The lowest BCUT2D eigenvalue weighted by atomic mass is 10.2. The molecule has 0 spiro atoms. The fraction of sp³-hybridized carbons (Fsp3) is 0.235. The lowest BCUT2D eigenvalue weighted by Crippen LogP contribution is -2.06. The molecule has 116 valence electrons. The summed E-state index contributed by atoms with van der Waals surface area (Å²) in [7, 11) is 0. The first-order valence-electron chi connectivity index (χ1n) is 6.88. The highest BCUT2D eigenvalue weighted by Gasteiger charge is 2.10. The van der Waals surface area contributed by atoms with E-state index in [-0.39, 0.29) is 11.4 Å². The van der Waals surface area contributed by atoms with Gasteiger partial charge in [-0.15, -0.1) is 0 Å². The van der Waals surface area contributed by atoms with Gasteiger partial charge in [-0.3, -0.25) is 0 Å². The summed E-state index contributed by atoms with van der Waals surface area (Å²) in [6.45, 7) is 4.47. The Labute approximate surface area is 128 Å². The molecule has 22 heavy (non-hydrogen) atoms. The molecule has 0 bridgehead atoms. The molecule has 4 nitrogen and oxygen atoms in total. The minimum Gasteiger partial charge on any atom is -0.493 e. The van der Waals surface area contributed by atoms with Crippen LogP contribution in [0, 0.1) is 11.7 Å². The Morgan fingerprint density at radius 3 is 2.32 bits per heavy atom. The molecule has 0 aliphatic rings. The van der Waals surface area contributed by atoms with E-state index in [1.54, 1.807) is 6.07 Å². The van der Waals surface area contributed by atoms with Crippen LogP contribution in [0.5, 0.6) is 17.2 Å². The van der Waals surface area contributed by atoms with E-state index >= 15 is 0 Å². The van der Waals surface area contributed by atoms with E-state index in [2.05, 4.69) is 0 Å². The summed E-state index contributed by atoms with van der Waals surface area (Å²) in [6.07, 6.45) is 0. The Bertz CT molecular complexity index is 650. The number of rotatable bonds is 6. The van der Waals surface area contributed by atoms with Crippen LogP contribution < -0.4 is 9.47 Å². The number of carboxylic acids is 1. The summed E-state index contributed by atoms with van der Waals surface area (Å²) < 4.78 is 24.0. The molecule has 0 unspecified atom stereocenters. The molecular formula is C17H17FO4. The molecule has 0 atom stereocenters. The van der Waals surface area contributed by atoms with E-state index in [1.165, 1.54) is 36.4 Å². The maximum absolute atomic E-state index is 12.9. The second-order valence-corrected chi connectivity index (χ2v) is 5.26. The van der Waals surface area contributed by atoms with Crippen molar-refractivity contribution in [2.45, 2.75) is 13.8 Å². The minimum absolute atomic E-state index is 0.0679. The number of carbonyl (C=O) groups is 1. The maximum atomic E-state index is 12.9. The summed E-state index contributed by atoms with van der Waals surface area (Å²) in [6, 6.07) is 9.93. The molecule has 2 aromatic rings.